The van der Waals surface area contributed by atoms with E-state index < -0.39 is 13.3 Å². The first kappa shape index (κ1) is 28.3. The molecule has 0 saturated carbocycles. The van der Waals surface area contributed by atoms with Crippen LogP contribution in [0.5, 0.6) is 0 Å². The summed E-state index contributed by atoms with van der Waals surface area (Å²) in [5, 5.41) is 2.61. The standard InChI is InChI=1S/C18H12NS.C14H15FGeN.Ir/c1-12-9-10-19-16(11-12)15-7-4-6-14-13-5-2-3-8-17(13)20-18(14)15;1-16(2,3)13-8-9-14(17-10-13)11-4-6-12(15)7-5-11;/h2-6,8-11H,1H3;4,6-10H,1-3H3;/q2*-1;. The van der Waals surface area contributed by atoms with Crippen molar-refractivity contribution in [2.75, 3.05) is 0 Å². The molecule has 1 radical (unpaired) electrons. The molecule has 0 saturated heterocycles. The average Bonchev–Trinajstić information content (AvgIpc) is 3.28. The third-order valence-electron chi connectivity index (χ3n) is 6.19. The molecule has 6 heteroatoms. The fourth-order valence-electron chi connectivity index (χ4n) is 4.12. The number of hydrogen-bond donors (Lipinski definition) is 0. The summed E-state index contributed by atoms with van der Waals surface area (Å²) in [6.07, 6.45) is 3.82. The molecule has 0 unspecified atom stereocenters. The largest absolute Gasteiger partial charge is 0 e. The number of pyridine rings is 2. The van der Waals surface area contributed by atoms with Crippen LogP contribution in [0.4, 0.5) is 4.39 Å². The predicted octanol–water partition coefficient (Wildman–Crippen LogP) is 8.46. The van der Waals surface area contributed by atoms with Crippen molar-refractivity contribution in [1.82, 2.24) is 9.97 Å². The van der Waals surface area contributed by atoms with Crippen LogP contribution in [-0.2, 0) is 20.1 Å². The second-order valence-electron chi connectivity index (χ2n) is 10.0. The van der Waals surface area contributed by atoms with Gasteiger partial charge in [0.25, 0.3) is 0 Å². The molecule has 193 valence electrons. The Morgan fingerprint density at radius 3 is 2.34 bits per heavy atom. The number of rotatable bonds is 3. The molecular weight excluding hydrogens is 728 g/mol. The van der Waals surface area contributed by atoms with Gasteiger partial charge in [0.15, 0.2) is 0 Å². The molecule has 2 nitrogen and oxygen atoms in total. The van der Waals surface area contributed by atoms with E-state index in [9.17, 15) is 4.39 Å². The van der Waals surface area contributed by atoms with Gasteiger partial charge in [-0.3, -0.25) is 0 Å². The summed E-state index contributed by atoms with van der Waals surface area (Å²) in [5.74, 6) is 6.73. The van der Waals surface area contributed by atoms with Crippen molar-refractivity contribution in [1.29, 1.82) is 0 Å². The summed E-state index contributed by atoms with van der Waals surface area (Å²) in [7, 11) is 0. The minimum absolute atomic E-state index is 0. The topological polar surface area (TPSA) is 25.8 Å². The number of aromatic nitrogens is 2. The Balaban J connectivity index is 0.000000175. The van der Waals surface area contributed by atoms with E-state index in [1.165, 1.54) is 42.3 Å². The molecule has 0 aliphatic heterocycles. The van der Waals surface area contributed by atoms with Crippen molar-refractivity contribution in [2.24, 2.45) is 0 Å². The Morgan fingerprint density at radius 1 is 0.842 bits per heavy atom. The van der Waals surface area contributed by atoms with Crippen molar-refractivity contribution in [3.8, 4) is 22.5 Å². The molecule has 38 heavy (non-hydrogen) atoms. The van der Waals surface area contributed by atoms with Crippen LogP contribution in [0, 0.1) is 24.9 Å². The summed E-state index contributed by atoms with van der Waals surface area (Å²) in [6.45, 7) is 2.09. The first-order valence-electron chi connectivity index (χ1n) is 12.2. The van der Waals surface area contributed by atoms with E-state index in [0.717, 1.165) is 22.5 Å². The van der Waals surface area contributed by atoms with Crippen LogP contribution in [0.25, 0.3) is 42.7 Å². The molecule has 6 rings (SSSR count). The average molecular weight is 755 g/mol. The number of nitrogens with zero attached hydrogens (tertiary/aromatic N) is 2. The van der Waals surface area contributed by atoms with Crippen molar-refractivity contribution in [3.05, 3.63) is 115 Å². The fraction of sp³-hybridized carbons (Fsp3) is 0.125. The van der Waals surface area contributed by atoms with Gasteiger partial charge in [0.1, 0.15) is 0 Å². The number of thiophene rings is 1. The summed E-state index contributed by atoms with van der Waals surface area (Å²) in [5.41, 5.74) is 5.01. The maximum atomic E-state index is 12.8. The van der Waals surface area contributed by atoms with E-state index in [1.54, 1.807) is 6.07 Å². The number of hydrogen-bond acceptors (Lipinski definition) is 3. The maximum Gasteiger partial charge on any atom is 0 e. The van der Waals surface area contributed by atoms with Crippen LogP contribution >= 0.6 is 11.3 Å². The van der Waals surface area contributed by atoms with Crippen LogP contribution in [0.1, 0.15) is 5.56 Å². The van der Waals surface area contributed by atoms with Gasteiger partial charge >= 0.3 is 104 Å². The van der Waals surface area contributed by atoms with E-state index in [2.05, 4.69) is 88.8 Å². The zero-order valence-electron chi connectivity index (χ0n) is 21.7. The molecule has 0 fully saturated rings. The van der Waals surface area contributed by atoms with E-state index in [4.69, 9.17) is 0 Å². The molecule has 0 aliphatic carbocycles. The Kier molecular flexibility index (Phi) is 8.94. The van der Waals surface area contributed by atoms with Gasteiger partial charge in [0.05, 0.1) is 0 Å². The SMILES string of the molecule is Cc1ccnc(-c2[c-]ccc3c2sc2ccccc23)c1.[CH3][Ge]([CH3])([CH3])[c]1ccc(-c2[c-]cc(F)cc2)nc1.[Ir]. The van der Waals surface area contributed by atoms with Crippen LogP contribution in [0.2, 0.25) is 17.3 Å². The van der Waals surface area contributed by atoms with Gasteiger partial charge < -0.3 is 4.98 Å². The molecular formula is C32H27FGeIrN2S-2. The van der Waals surface area contributed by atoms with E-state index in [1.807, 2.05) is 41.9 Å². The van der Waals surface area contributed by atoms with Gasteiger partial charge in [-0.15, -0.1) is 23.8 Å². The Labute approximate surface area is 243 Å². The molecule has 0 spiro atoms. The van der Waals surface area contributed by atoms with E-state index >= 15 is 0 Å². The Morgan fingerprint density at radius 2 is 1.66 bits per heavy atom. The Bertz CT molecular complexity index is 1670. The summed E-state index contributed by atoms with van der Waals surface area (Å²) >= 11 is 0.0310. The smallest absolute Gasteiger partial charge is 0 e. The predicted molar refractivity (Wildman–Crippen MR) is 158 cm³/mol. The van der Waals surface area contributed by atoms with Crippen molar-refractivity contribution >= 4 is 49.2 Å². The van der Waals surface area contributed by atoms with Crippen LogP contribution in [0.3, 0.4) is 0 Å². The first-order valence-corrected chi connectivity index (χ1v) is 20.3. The number of halogens is 1. The molecule has 0 N–H and O–H groups in total. The third-order valence-corrected chi connectivity index (χ3v) is 11.6. The number of benzene rings is 3. The van der Waals surface area contributed by atoms with E-state index in [0.29, 0.717) is 0 Å². The maximum absolute atomic E-state index is 12.8. The first-order chi connectivity index (χ1) is 17.8. The molecule has 0 atom stereocenters. The Hall–Kier alpha value is -2.70. The van der Waals surface area contributed by atoms with E-state index in [-0.39, 0.29) is 25.9 Å². The number of fused-ring (bicyclic) bond motifs is 3. The normalized spacial score (nSPS) is 11.1. The van der Waals surface area contributed by atoms with Gasteiger partial charge in [-0.2, -0.15) is 11.3 Å². The monoisotopic (exact) mass is 757 g/mol. The zero-order chi connectivity index (χ0) is 26.0. The molecule has 6 aromatic rings. The minimum atomic E-state index is -1.79. The zero-order valence-corrected chi connectivity index (χ0v) is 27.0. The van der Waals surface area contributed by atoms with Gasteiger partial charge in [-0.1, -0.05) is 35.2 Å². The quantitative estimate of drug-likeness (QED) is 0.134. The second kappa shape index (κ2) is 12.0. The van der Waals surface area contributed by atoms with Gasteiger partial charge in [0.2, 0.25) is 0 Å². The molecule has 0 amide bonds. The third kappa shape index (κ3) is 6.29. The van der Waals surface area contributed by atoms with Crippen LogP contribution < -0.4 is 4.40 Å². The van der Waals surface area contributed by atoms with Crippen LogP contribution in [-0.4, -0.2) is 23.2 Å². The van der Waals surface area contributed by atoms with Gasteiger partial charge in [0, 0.05) is 31.0 Å². The number of aryl methyl sites for hydroxylation is 1. The van der Waals surface area contributed by atoms with Crippen molar-refractivity contribution < 1.29 is 24.5 Å². The minimum Gasteiger partial charge on any atom is 0 e. The molecule has 0 bridgehead atoms. The van der Waals surface area contributed by atoms with Crippen molar-refractivity contribution in [3.63, 3.8) is 0 Å². The summed E-state index contributed by atoms with van der Waals surface area (Å²) in [6, 6.07) is 31.7. The molecule has 3 aromatic carbocycles. The van der Waals surface area contributed by atoms with Crippen molar-refractivity contribution in [2.45, 2.75) is 24.2 Å². The van der Waals surface area contributed by atoms with Gasteiger partial charge in [-0.25, -0.2) is 0 Å². The second-order valence-corrected chi connectivity index (χ2v) is 21.7. The summed E-state index contributed by atoms with van der Waals surface area (Å²) < 4.78 is 16.7. The van der Waals surface area contributed by atoms with Gasteiger partial charge in [-0.05, 0) is 34.8 Å². The summed E-state index contributed by atoms with van der Waals surface area (Å²) in [4.78, 5) is 8.94. The molecule has 3 aromatic heterocycles. The molecule has 3 heterocycles. The van der Waals surface area contributed by atoms with Crippen LogP contribution in [0.15, 0.2) is 91.3 Å². The molecule has 0 aliphatic rings. The fourth-order valence-corrected chi connectivity index (χ4v) is 7.50.